The van der Waals surface area contributed by atoms with Crippen LogP contribution in [0, 0.1) is 0 Å². The molecular formula is C15H18N4O2S. The molecule has 2 amide bonds. The van der Waals surface area contributed by atoms with Crippen molar-refractivity contribution in [1.29, 1.82) is 0 Å². The Morgan fingerprint density at radius 2 is 2.14 bits per heavy atom. The number of carbonyl (C=O) groups is 2. The molecule has 1 aliphatic heterocycles. The number of thiophene rings is 1. The molecule has 116 valence electrons. The number of aromatic nitrogens is 2. The zero-order chi connectivity index (χ0) is 15.5. The maximum atomic E-state index is 12.7. The normalized spacial score (nSPS) is 18.4. The van der Waals surface area contributed by atoms with Crippen LogP contribution in [-0.2, 0) is 6.54 Å². The summed E-state index contributed by atoms with van der Waals surface area (Å²) < 4.78 is 1.86. The van der Waals surface area contributed by atoms with Crippen molar-refractivity contribution in [2.24, 2.45) is 5.73 Å². The molecule has 0 bridgehead atoms. The standard InChI is InChI=1S/C15H18N4O2S/c16-14(20)12-5-6-13(22-12)15(21)19-9-2-1-4-11(19)10-18-8-3-7-17-18/h3,5-8,11H,1-2,4,9-10H2,(H2,16,20)/t11-/m0/s1. The summed E-state index contributed by atoms with van der Waals surface area (Å²) in [4.78, 5) is 26.8. The fraction of sp³-hybridized carbons (Fsp3) is 0.400. The molecule has 0 spiro atoms. The van der Waals surface area contributed by atoms with Crippen molar-refractivity contribution in [3.05, 3.63) is 40.3 Å². The zero-order valence-corrected chi connectivity index (χ0v) is 13.0. The van der Waals surface area contributed by atoms with Crippen LogP contribution in [0.25, 0.3) is 0 Å². The summed E-state index contributed by atoms with van der Waals surface area (Å²) in [7, 11) is 0. The van der Waals surface area contributed by atoms with E-state index >= 15 is 0 Å². The van der Waals surface area contributed by atoms with Gasteiger partial charge >= 0.3 is 0 Å². The summed E-state index contributed by atoms with van der Waals surface area (Å²) in [6, 6.07) is 5.33. The minimum Gasteiger partial charge on any atom is -0.365 e. The van der Waals surface area contributed by atoms with Crippen LogP contribution in [0.5, 0.6) is 0 Å². The smallest absolute Gasteiger partial charge is 0.264 e. The summed E-state index contributed by atoms with van der Waals surface area (Å²) in [5.41, 5.74) is 5.26. The Balaban J connectivity index is 1.77. The van der Waals surface area contributed by atoms with Gasteiger partial charge in [-0.05, 0) is 37.5 Å². The van der Waals surface area contributed by atoms with E-state index in [9.17, 15) is 9.59 Å². The second-order valence-electron chi connectivity index (χ2n) is 5.40. The van der Waals surface area contributed by atoms with Gasteiger partial charge in [-0.25, -0.2) is 0 Å². The lowest BCUT2D eigenvalue weighted by molar-refractivity contribution is 0.0589. The summed E-state index contributed by atoms with van der Waals surface area (Å²) in [6.45, 7) is 1.45. The van der Waals surface area contributed by atoms with E-state index in [-0.39, 0.29) is 11.9 Å². The number of nitrogens with zero attached hydrogens (tertiary/aromatic N) is 3. The molecule has 1 saturated heterocycles. The van der Waals surface area contributed by atoms with Crippen molar-refractivity contribution < 1.29 is 9.59 Å². The first-order valence-corrected chi connectivity index (χ1v) is 8.15. The second-order valence-corrected chi connectivity index (χ2v) is 6.49. The number of carbonyl (C=O) groups excluding carboxylic acids is 2. The van der Waals surface area contributed by atoms with Gasteiger partial charge in [0.05, 0.1) is 22.3 Å². The van der Waals surface area contributed by atoms with Crippen molar-refractivity contribution in [3.8, 4) is 0 Å². The molecule has 1 fully saturated rings. The van der Waals surface area contributed by atoms with Gasteiger partial charge < -0.3 is 10.6 Å². The van der Waals surface area contributed by atoms with Gasteiger partial charge in [0.2, 0.25) is 0 Å². The van der Waals surface area contributed by atoms with Crippen LogP contribution >= 0.6 is 11.3 Å². The van der Waals surface area contributed by atoms with E-state index in [2.05, 4.69) is 5.10 Å². The fourth-order valence-corrected chi connectivity index (χ4v) is 3.62. The number of rotatable bonds is 4. The maximum Gasteiger partial charge on any atom is 0.264 e. The van der Waals surface area contributed by atoms with Gasteiger partial charge in [0.25, 0.3) is 11.8 Å². The number of primary amides is 1. The lowest BCUT2D eigenvalue weighted by Crippen LogP contribution is -2.45. The molecule has 2 aromatic heterocycles. The van der Waals surface area contributed by atoms with Crippen molar-refractivity contribution in [2.45, 2.75) is 31.8 Å². The van der Waals surface area contributed by atoms with E-state index in [1.165, 1.54) is 0 Å². The molecule has 0 aromatic carbocycles. The predicted octanol–water partition coefficient (Wildman–Crippen LogP) is 1.74. The third kappa shape index (κ3) is 3.04. The number of amides is 2. The van der Waals surface area contributed by atoms with Crippen molar-refractivity contribution in [1.82, 2.24) is 14.7 Å². The van der Waals surface area contributed by atoms with E-state index < -0.39 is 5.91 Å². The number of piperidine rings is 1. The molecule has 0 aliphatic carbocycles. The monoisotopic (exact) mass is 318 g/mol. The lowest BCUT2D eigenvalue weighted by atomic mass is 10.0. The topological polar surface area (TPSA) is 81.2 Å². The van der Waals surface area contributed by atoms with Gasteiger partial charge in [-0.2, -0.15) is 5.10 Å². The van der Waals surface area contributed by atoms with E-state index in [1.54, 1.807) is 18.3 Å². The number of nitrogens with two attached hydrogens (primary N) is 1. The SMILES string of the molecule is NC(=O)c1ccc(C(=O)N2CCCC[C@H]2Cn2cccn2)s1. The first-order valence-electron chi connectivity index (χ1n) is 7.33. The minimum atomic E-state index is -0.490. The summed E-state index contributed by atoms with van der Waals surface area (Å²) in [6.07, 6.45) is 6.75. The average molecular weight is 318 g/mol. The number of likely N-dealkylation sites (tertiary alicyclic amines) is 1. The molecule has 1 atom stereocenters. The molecule has 3 heterocycles. The largest absolute Gasteiger partial charge is 0.365 e. The lowest BCUT2D eigenvalue weighted by Gasteiger charge is -2.35. The van der Waals surface area contributed by atoms with Gasteiger partial charge in [0.1, 0.15) is 0 Å². The van der Waals surface area contributed by atoms with Crippen LogP contribution < -0.4 is 5.73 Å². The zero-order valence-electron chi connectivity index (χ0n) is 12.1. The summed E-state index contributed by atoms with van der Waals surface area (Å²) in [5.74, 6) is -0.509. The maximum absolute atomic E-state index is 12.7. The quantitative estimate of drug-likeness (QED) is 0.932. The van der Waals surface area contributed by atoms with Crippen LogP contribution in [0.4, 0.5) is 0 Å². The highest BCUT2D eigenvalue weighted by Gasteiger charge is 2.28. The van der Waals surface area contributed by atoms with Crippen LogP contribution in [0.1, 0.15) is 38.6 Å². The third-order valence-corrected chi connectivity index (χ3v) is 4.99. The third-order valence-electron chi connectivity index (χ3n) is 3.90. The summed E-state index contributed by atoms with van der Waals surface area (Å²) >= 11 is 1.16. The number of hydrogen-bond donors (Lipinski definition) is 1. The van der Waals surface area contributed by atoms with Crippen molar-refractivity contribution >= 4 is 23.2 Å². The first kappa shape index (κ1) is 14.8. The van der Waals surface area contributed by atoms with Gasteiger partial charge in [0, 0.05) is 18.9 Å². The molecule has 0 saturated carbocycles. The highest BCUT2D eigenvalue weighted by molar-refractivity contribution is 7.15. The molecule has 2 N–H and O–H groups in total. The molecule has 0 unspecified atom stereocenters. The van der Waals surface area contributed by atoms with Gasteiger partial charge in [0.15, 0.2) is 0 Å². The molecule has 7 heteroatoms. The molecule has 1 aliphatic rings. The first-order chi connectivity index (χ1) is 10.6. The van der Waals surface area contributed by atoms with E-state index in [4.69, 9.17) is 5.73 Å². The van der Waals surface area contributed by atoms with Crippen molar-refractivity contribution in [3.63, 3.8) is 0 Å². The highest BCUT2D eigenvalue weighted by Crippen LogP contribution is 2.24. The van der Waals surface area contributed by atoms with Crippen LogP contribution in [0.2, 0.25) is 0 Å². The minimum absolute atomic E-state index is 0.0191. The van der Waals surface area contributed by atoms with E-state index in [1.807, 2.05) is 21.8 Å². The van der Waals surface area contributed by atoms with Crippen LogP contribution in [0.15, 0.2) is 30.6 Å². The van der Waals surface area contributed by atoms with Crippen LogP contribution in [0.3, 0.4) is 0 Å². The second kappa shape index (κ2) is 6.31. The highest BCUT2D eigenvalue weighted by atomic mass is 32.1. The van der Waals surface area contributed by atoms with Crippen LogP contribution in [-0.4, -0.2) is 39.1 Å². The Morgan fingerprint density at radius 3 is 2.82 bits per heavy atom. The van der Waals surface area contributed by atoms with Gasteiger partial charge in [-0.1, -0.05) is 0 Å². The molecule has 6 nitrogen and oxygen atoms in total. The van der Waals surface area contributed by atoms with Gasteiger partial charge in [-0.3, -0.25) is 14.3 Å². The molecule has 2 aromatic rings. The van der Waals surface area contributed by atoms with Gasteiger partial charge in [-0.15, -0.1) is 11.3 Å². The summed E-state index contributed by atoms with van der Waals surface area (Å²) in [5, 5.41) is 4.22. The Bertz CT molecular complexity index is 665. The Kier molecular flexibility index (Phi) is 4.24. The van der Waals surface area contributed by atoms with Crippen molar-refractivity contribution in [2.75, 3.05) is 6.54 Å². The Morgan fingerprint density at radius 1 is 1.32 bits per heavy atom. The van der Waals surface area contributed by atoms with E-state index in [0.717, 1.165) is 37.1 Å². The molecule has 0 radical (unpaired) electrons. The predicted molar refractivity (Wildman–Crippen MR) is 83.7 cm³/mol. The fourth-order valence-electron chi connectivity index (χ4n) is 2.81. The van der Waals surface area contributed by atoms with E-state index in [0.29, 0.717) is 16.3 Å². The molecule has 3 rings (SSSR count). The Labute approximate surface area is 132 Å². The Hall–Kier alpha value is -2.15. The molecular weight excluding hydrogens is 300 g/mol. The molecule has 22 heavy (non-hydrogen) atoms. The number of hydrogen-bond acceptors (Lipinski definition) is 4. The average Bonchev–Trinajstić information content (AvgIpc) is 3.18.